The fraction of sp³-hybridized carbons (Fsp3) is 0.316. The van der Waals surface area contributed by atoms with Crippen LogP contribution in [0, 0.1) is 17.5 Å². The number of aliphatic hydroxyl groups is 2. The SMILES string of the molecule is O=C(Nc1cc(F)c(F)c(F)c1)c1ccc(Cl)c(S[C@@H]2C[C@H](O)C[C@H](O)C2)c1. The van der Waals surface area contributed by atoms with E-state index in [0.717, 1.165) is 0 Å². The first-order valence-electron chi connectivity index (χ1n) is 8.51. The molecule has 4 nitrogen and oxygen atoms in total. The van der Waals surface area contributed by atoms with Crippen LogP contribution in [0.1, 0.15) is 29.6 Å². The van der Waals surface area contributed by atoms with Crippen molar-refractivity contribution >= 4 is 35.0 Å². The van der Waals surface area contributed by atoms with Crippen LogP contribution in [0.15, 0.2) is 35.2 Å². The highest BCUT2D eigenvalue weighted by Crippen LogP contribution is 2.38. The van der Waals surface area contributed by atoms with E-state index in [9.17, 15) is 28.2 Å². The van der Waals surface area contributed by atoms with E-state index in [4.69, 9.17) is 11.6 Å². The Kier molecular flexibility index (Phi) is 6.54. The van der Waals surface area contributed by atoms with Gasteiger partial charge in [-0.15, -0.1) is 11.8 Å². The molecule has 1 saturated carbocycles. The lowest BCUT2D eigenvalue weighted by Crippen LogP contribution is -2.31. The average Bonchev–Trinajstić information content (AvgIpc) is 2.60. The van der Waals surface area contributed by atoms with Crippen LogP contribution < -0.4 is 5.32 Å². The van der Waals surface area contributed by atoms with Crippen LogP contribution in [0.5, 0.6) is 0 Å². The van der Waals surface area contributed by atoms with E-state index >= 15 is 0 Å². The van der Waals surface area contributed by atoms with E-state index in [1.807, 2.05) is 0 Å². The second-order valence-electron chi connectivity index (χ2n) is 6.61. The lowest BCUT2D eigenvalue weighted by Gasteiger charge is -2.29. The fourth-order valence-corrected chi connectivity index (χ4v) is 4.67. The number of aliphatic hydroxyl groups excluding tert-OH is 2. The summed E-state index contributed by atoms with van der Waals surface area (Å²) in [6, 6.07) is 5.86. The molecule has 1 aliphatic rings. The average molecular weight is 432 g/mol. The quantitative estimate of drug-likeness (QED) is 0.628. The van der Waals surface area contributed by atoms with Crippen LogP contribution >= 0.6 is 23.4 Å². The molecule has 9 heteroatoms. The predicted octanol–water partition coefficient (Wildman–Crippen LogP) is 4.38. The van der Waals surface area contributed by atoms with E-state index in [1.165, 1.54) is 30.0 Å². The number of carbonyl (C=O) groups is 1. The second-order valence-corrected chi connectivity index (χ2v) is 8.36. The molecule has 0 unspecified atom stereocenters. The number of benzene rings is 2. The zero-order chi connectivity index (χ0) is 20.4. The molecule has 28 heavy (non-hydrogen) atoms. The number of nitrogens with one attached hydrogen (secondary N) is 1. The summed E-state index contributed by atoms with van der Waals surface area (Å²) in [6.45, 7) is 0. The Hall–Kier alpha value is -1.74. The number of hydrogen-bond donors (Lipinski definition) is 3. The first kappa shape index (κ1) is 21.0. The van der Waals surface area contributed by atoms with Crippen LogP contribution in [-0.4, -0.2) is 33.6 Å². The van der Waals surface area contributed by atoms with Crippen molar-refractivity contribution in [1.82, 2.24) is 0 Å². The summed E-state index contributed by atoms with van der Waals surface area (Å²) >= 11 is 7.54. The standard InChI is InChI=1S/C19H17ClF3NO3S/c20-14-2-1-9(3-17(14)28-13-7-11(25)6-12(26)8-13)19(27)24-10-4-15(21)18(23)16(22)5-10/h1-5,11-13,25-26H,6-8H2,(H,24,27)/t11-,12+,13-. The number of carbonyl (C=O) groups excluding carboxylic acids is 1. The van der Waals surface area contributed by atoms with Gasteiger partial charge < -0.3 is 15.5 Å². The van der Waals surface area contributed by atoms with Gasteiger partial charge in [-0.2, -0.15) is 0 Å². The van der Waals surface area contributed by atoms with Crippen molar-refractivity contribution in [3.63, 3.8) is 0 Å². The van der Waals surface area contributed by atoms with E-state index < -0.39 is 35.6 Å². The largest absolute Gasteiger partial charge is 0.393 e. The van der Waals surface area contributed by atoms with Gasteiger partial charge in [-0.25, -0.2) is 13.2 Å². The minimum absolute atomic E-state index is 0.0742. The van der Waals surface area contributed by atoms with Crippen molar-refractivity contribution < 1.29 is 28.2 Å². The highest BCUT2D eigenvalue weighted by atomic mass is 35.5. The van der Waals surface area contributed by atoms with Gasteiger partial charge >= 0.3 is 0 Å². The number of halogens is 4. The van der Waals surface area contributed by atoms with Gasteiger partial charge in [0.15, 0.2) is 17.5 Å². The molecular formula is C19H17ClF3NO3S. The van der Waals surface area contributed by atoms with Crippen molar-refractivity contribution in [2.24, 2.45) is 0 Å². The Morgan fingerprint density at radius 2 is 1.64 bits per heavy atom. The van der Waals surface area contributed by atoms with Gasteiger partial charge in [0.25, 0.3) is 5.91 Å². The lowest BCUT2D eigenvalue weighted by molar-refractivity contribution is 0.0436. The summed E-state index contributed by atoms with van der Waals surface area (Å²) in [5, 5.41) is 22.3. The molecule has 2 aromatic carbocycles. The maximum atomic E-state index is 13.3. The minimum atomic E-state index is -1.61. The van der Waals surface area contributed by atoms with Crippen molar-refractivity contribution in [2.75, 3.05) is 5.32 Å². The summed E-state index contributed by atoms with van der Waals surface area (Å²) < 4.78 is 39.6. The number of hydrogen-bond acceptors (Lipinski definition) is 4. The molecule has 1 fully saturated rings. The summed E-state index contributed by atoms with van der Waals surface area (Å²) in [5.74, 6) is -5.07. The molecule has 1 amide bonds. The molecule has 1 aliphatic carbocycles. The Morgan fingerprint density at radius 3 is 2.25 bits per heavy atom. The molecule has 0 aromatic heterocycles. The Morgan fingerprint density at radius 1 is 1.04 bits per heavy atom. The minimum Gasteiger partial charge on any atom is -0.393 e. The van der Waals surface area contributed by atoms with E-state index in [2.05, 4.69) is 5.32 Å². The number of thioether (sulfide) groups is 1. The van der Waals surface area contributed by atoms with Crippen molar-refractivity contribution in [3.05, 3.63) is 58.4 Å². The van der Waals surface area contributed by atoms with Gasteiger partial charge in [0.2, 0.25) is 0 Å². The van der Waals surface area contributed by atoms with Gasteiger partial charge in [-0.05, 0) is 37.5 Å². The molecule has 0 spiro atoms. The summed E-state index contributed by atoms with van der Waals surface area (Å²) in [6.07, 6.45) is 0.105. The third kappa shape index (κ3) is 5.00. The molecule has 3 N–H and O–H groups in total. The molecule has 0 aliphatic heterocycles. The van der Waals surface area contributed by atoms with Crippen LogP contribution in [0.25, 0.3) is 0 Å². The molecule has 150 valence electrons. The highest BCUT2D eigenvalue weighted by Gasteiger charge is 2.27. The Labute approximate surface area is 168 Å². The topological polar surface area (TPSA) is 69.6 Å². The highest BCUT2D eigenvalue weighted by molar-refractivity contribution is 8.00. The smallest absolute Gasteiger partial charge is 0.255 e. The third-order valence-electron chi connectivity index (χ3n) is 4.34. The summed E-state index contributed by atoms with van der Waals surface area (Å²) in [7, 11) is 0. The third-order valence-corrected chi connectivity index (χ3v) is 6.09. The molecule has 3 rings (SSSR count). The number of anilines is 1. The van der Waals surface area contributed by atoms with Gasteiger partial charge in [0, 0.05) is 33.5 Å². The summed E-state index contributed by atoms with van der Waals surface area (Å²) in [5.41, 5.74) is -0.0296. The maximum absolute atomic E-state index is 13.3. The predicted molar refractivity (Wildman–Crippen MR) is 101 cm³/mol. The van der Waals surface area contributed by atoms with Crippen molar-refractivity contribution in [3.8, 4) is 0 Å². The van der Waals surface area contributed by atoms with Gasteiger partial charge in [0.1, 0.15) is 0 Å². The zero-order valence-corrected chi connectivity index (χ0v) is 16.0. The first-order chi connectivity index (χ1) is 13.2. The first-order valence-corrected chi connectivity index (χ1v) is 9.77. The van der Waals surface area contributed by atoms with Gasteiger partial charge in [-0.1, -0.05) is 11.6 Å². The zero-order valence-electron chi connectivity index (χ0n) is 14.5. The normalized spacial score (nSPS) is 22.1. The molecule has 0 saturated heterocycles. The van der Waals surface area contributed by atoms with Crippen LogP contribution in [0.2, 0.25) is 5.02 Å². The van der Waals surface area contributed by atoms with Crippen molar-refractivity contribution in [1.29, 1.82) is 0 Å². The van der Waals surface area contributed by atoms with Crippen LogP contribution in [0.4, 0.5) is 18.9 Å². The number of rotatable bonds is 4. The van der Waals surface area contributed by atoms with Crippen molar-refractivity contribution in [2.45, 2.75) is 41.6 Å². The fourth-order valence-electron chi connectivity index (χ4n) is 3.05. The van der Waals surface area contributed by atoms with Crippen LogP contribution in [-0.2, 0) is 0 Å². The van der Waals surface area contributed by atoms with E-state index in [0.29, 0.717) is 41.3 Å². The van der Waals surface area contributed by atoms with Gasteiger partial charge in [0.05, 0.1) is 17.2 Å². The maximum Gasteiger partial charge on any atom is 0.255 e. The van der Waals surface area contributed by atoms with Crippen LogP contribution in [0.3, 0.4) is 0 Å². The molecule has 0 bridgehead atoms. The van der Waals surface area contributed by atoms with E-state index in [1.54, 1.807) is 0 Å². The van der Waals surface area contributed by atoms with E-state index in [-0.39, 0.29) is 16.5 Å². The number of amides is 1. The lowest BCUT2D eigenvalue weighted by atomic mass is 9.95. The Balaban J connectivity index is 1.76. The molecule has 0 radical (unpaired) electrons. The monoisotopic (exact) mass is 431 g/mol. The van der Waals surface area contributed by atoms with Gasteiger partial charge in [-0.3, -0.25) is 4.79 Å². The molecule has 0 heterocycles. The second kappa shape index (κ2) is 8.73. The molecule has 3 atom stereocenters. The summed E-state index contributed by atoms with van der Waals surface area (Å²) in [4.78, 5) is 13.0. The Bertz CT molecular complexity index is 866. The molecule has 2 aromatic rings. The molecular weight excluding hydrogens is 415 g/mol.